The topological polar surface area (TPSA) is 255 Å². The van der Waals surface area contributed by atoms with Gasteiger partial charge in [-0.2, -0.15) is 0 Å². The molecular formula is C39H66N4O12. The van der Waals surface area contributed by atoms with Gasteiger partial charge < -0.3 is 51.1 Å². The van der Waals surface area contributed by atoms with Crippen molar-refractivity contribution in [2.24, 2.45) is 5.73 Å². The van der Waals surface area contributed by atoms with Crippen molar-refractivity contribution in [3.63, 3.8) is 0 Å². The third-order valence-corrected chi connectivity index (χ3v) is 7.85. The Morgan fingerprint density at radius 3 is 2.00 bits per heavy atom. The number of imide groups is 1. The van der Waals surface area contributed by atoms with E-state index in [4.69, 9.17) is 34.4 Å². The molecular weight excluding hydrogens is 716 g/mol. The van der Waals surface area contributed by atoms with E-state index in [-0.39, 0.29) is 42.7 Å². The molecule has 0 spiro atoms. The van der Waals surface area contributed by atoms with Gasteiger partial charge >= 0.3 is 6.09 Å². The number of amides is 4. The number of nitrogens with zero attached hydrogens (tertiary/aromatic N) is 1. The van der Waals surface area contributed by atoms with Crippen LogP contribution in [0.2, 0.25) is 0 Å². The van der Waals surface area contributed by atoms with Crippen molar-refractivity contribution in [2.45, 2.75) is 129 Å². The second-order valence-corrected chi connectivity index (χ2v) is 12.5. The van der Waals surface area contributed by atoms with Gasteiger partial charge in [0.2, 0.25) is 6.41 Å². The Hall–Kier alpha value is -4.38. The van der Waals surface area contributed by atoms with Crippen LogP contribution in [-0.4, -0.2) is 113 Å². The Balaban J connectivity index is 0. The molecule has 16 heteroatoms. The number of aliphatic carboxylic acids is 1. The van der Waals surface area contributed by atoms with Gasteiger partial charge in [-0.05, 0) is 69.0 Å². The summed E-state index contributed by atoms with van der Waals surface area (Å²) in [6.07, 6.45) is 14.9. The molecule has 1 aromatic rings. The van der Waals surface area contributed by atoms with E-state index in [0.717, 1.165) is 69.4 Å². The first-order valence-corrected chi connectivity index (χ1v) is 19.0. The lowest BCUT2D eigenvalue weighted by Crippen LogP contribution is -2.35. The van der Waals surface area contributed by atoms with Crippen LogP contribution in [0.15, 0.2) is 30.4 Å². The minimum atomic E-state index is -0.833. The highest BCUT2D eigenvalue weighted by atomic mass is 16.5. The zero-order chi connectivity index (χ0) is 41.9. The first kappa shape index (κ1) is 52.7. The summed E-state index contributed by atoms with van der Waals surface area (Å²) in [5.74, 6) is -1.01. The summed E-state index contributed by atoms with van der Waals surface area (Å²) >= 11 is 0. The highest BCUT2D eigenvalue weighted by Gasteiger charge is 2.22. The number of carbonyl (C=O) groups excluding carboxylic acids is 5. The number of hydrogen-bond donors (Lipinski definition) is 7. The molecule has 1 aliphatic carbocycles. The maximum atomic E-state index is 12.0. The predicted octanol–water partition coefficient (Wildman–Crippen LogP) is 3.51. The van der Waals surface area contributed by atoms with Crippen LogP contribution in [0.5, 0.6) is 5.75 Å². The Morgan fingerprint density at radius 2 is 1.51 bits per heavy atom. The van der Waals surface area contributed by atoms with Crippen molar-refractivity contribution in [1.82, 2.24) is 15.5 Å². The molecule has 0 radical (unpaired) electrons. The number of aromatic hydroxyl groups is 1. The van der Waals surface area contributed by atoms with Crippen LogP contribution in [-0.2, 0) is 46.5 Å². The number of likely N-dealkylation sites (N-methyl/N-ethyl adjacent to an activating group) is 1. The number of phenolic OH excluding ortho intramolecular Hbond substituents is 1. The number of benzene rings is 1. The molecule has 1 saturated carbocycles. The third-order valence-electron chi connectivity index (χ3n) is 7.85. The molecule has 1 saturated heterocycles. The second kappa shape index (κ2) is 35.3. The summed E-state index contributed by atoms with van der Waals surface area (Å²) in [6.45, 7) is 7.31. The summed E-state index contributed by atoms with van der Waals surface area (Å²) in [7, 11) is 1.88. The average Bonchev–Trinajstić information content (AvgIpc) is 3.45. The van der Waals surface area contributed by atoms with Crippen LogP contribution >= 0.6 is 0 Å². The molecule has 314 valence electrons. The molecule has 16 nitrogen and oxygen atoms in total. The number of nitrogens with two attached hydrogens (primary N) is 1. The molecule has 2 aliphatic heterocycles. The molecule has 2 unspecified atom stereocenters. The zero-order valence-electron chi connectivity index (χ0n) is 33.1. The van der Waals surface area contributed by atoms with Gasteiger partial charge in [0, 0.05) is 44.5 Å². The third kappa shape index (κ3) is 29.6. The smallest absolute Gasteiger partial charge is 0.407 e. The van der Waals surface area contributed by atoms with Gasteiger partial charge in [-0.3, -0.25) is 24.1 Å². The van der Waals surface area contributed by atoms with Gasteiger partial charge in [-0.15, -0.1) is 0 Å². The molecule has 2 atom stereocenters. The van der Waals surface area contributed by atoms with Gasteiger partial charge in [0.25, 0.3) is 17.8 Å². The van der Waals surface area contributed by atoms with Gasteiger partial charge in [-0.25, -0.2) is 4.79 Å². The predicted molar refractivity (Wildman–Crippen MR) is 208 cm³/mol. The zero-order valence-corrected chi connectivity index (χ0v) is 33.1. The van der Waals surface area contributed by atoms with Crippen LogP contribution in [0.3, 0.4) is 0 Å². The highest BCUT2D eigenvalue weighted by Crippen LogP contribution is 2.20. The number of rotatable bonds is 12. The molecule has 1 aromatic carbocycles. The minimum Gasteiger partial charge on any atom is -0.508 e. The summed E-state index contributed by atoms with van der Waals surface area (Å²) in [5.41, 5.74) is 5.93. The van der Waals surface area contributed by atoms with E-state index in [1.165, 1.54) is 49.2 Å². The lowest BCUT2D eigenvalue weighted by Gasteiger charge is -2.21. The number of primary amides is 1. The lowest BCUT2D eigenvalue weighted by atomic mass is 9.97. The number of carbonyl (C=O) groups is 6. The van der Waals surface area contributed by atoms with Crippen molar-refractivity contribution in [3.8, 4) is 5.75 Å². The number of phenols is 1. The van der Waals surface area contributed by atoms with E-state index in [9.17, 15) is 24.3 Å². The number of carboxylic acid groups (broad SMARTS) is 1. The first-order chi connectivity index (χ1) is 26.4. The van der Waals surface area contributed by atoms with Gasteiger partial charge in [0.05, 0.1) is 25.4 Å². The Labute approximate surface area is 325 Å². The van der Waals surface area contributed by atoms with E-state index in [1.54, 1.807) is 12.1 Å². The number of nitrogens with one attached hydrogen (secondary N) is 2. The van der Waals surface area contributed by atoms with E-state index in [0.29, 0.717) is 32.6 Å². The average molecular weight is 783 g/mol. The number of aliphatic hydroxyl groups excluding tert-OH is 2. The van der Waals surface area contributed by atoms with Gasteiger partial charge in [0.1, 0.15) is 18.6 Å². The normalized spacial score (nSPS) is 17.5. The van der Waals surface area contributed by atoms with Gasteiger partial charge in [0.15, 0.2) is 0 Å². The monoisotopic (exact) mass is 782 g/mol. The summed E-state index contributed by atoms with van der Waals surface area (Å²) in [5, 5.41) is 40.9. The van der Waals surface area contributed by atoms with E-state index in [1.807, 2.05) is 27.0 Å². The molecule has 2 heterocycles. The van der Waals surface area contributed by atoms with E-state index >= 15 is 0 Å². The quantitative estimate of drug-likeness (QED) is 0.0912. The number of carboxylic acids is 1. The maximum Gasteiger partial charge on any atom is 0.407 e. The fraction of sp³-hybridized carbons (Fsp3) is 0.641. The minimum absolute atomic E-state index is 0.228. The maximum absolute atomic E-state index is 12.0. The van der Waals surface area contributed by atoms with Crippen molar-refractivity contribution < 1.29 is 58.7 Å². The number of hydrogen-bond acceptors (Lipinski definition) is 12. The Kier molecular flexibility index (Phi) is 33.9. The van der Waals surface area contributed by atoms with E-state index in [2.05, 4.69) is 16.4 Å². The highest BCUT2D eigenvalue weighted by molar-refractivity contribution is 6.12. The lowest BCUT2D eigenvalue weighted by molar-refractivity contribution is -0.137. The van der Waals surface area contributed by atoms with Gasteiger partial charge in [-0.1, -0.05) is 58.4 Å². The Morgan fingerprint density at radius 1 is 0.964 bits per heavy atom. The van der Waals surface area contributed by atoms with E-state index < -0.39 is 18.2 Å². The first-order valence-electron chi connectivity index (χ1n) is 19.0. The van der Waals surface area contributed by atoms with Crippen molar-refractivity contribution >= 4 is 36.6 Å². The summed E-state index contributed by atoms with van der Waals surface area (Å²) in [4.78, 5) is 63.0. The number of aldehydes is 1. The fourth-order valence-corrected chi connectivity index (χ4v) is 5.26. The largest absolute Gasteiger partial charge is 0.508 e. The summed E-state index contributed by atoms with van der Waals surface area (Å²) < 4.78 is 10.1. The van der Waals surface area contributed by atoms with Crippen molar-refractivity contribution in [2.75, 3.05) is 33.4 Å². The number of aliphatic hydroxyl groups is 2. The molecule has 8 N–H and O–H groups in total. The fourth-order valence-electron chi connectivity index (χ4n) is 5.26. The number of alkyl carbamates (subject to hydrolysis) is 1. The van der Waals surface area contributed by atoms with Crippen LogP contribution in [0.25, 0.3) is 0 Å². The van der Waals surface area contributed by atoms with Crippen LogP contribution < -0.4 is 16.4 Å². The molecule has 3 aliphatic rings. The molecule has 2 fully saturated rings. The SMILES string of the molecule is CC.CC(=O)O.CNCCc1cc(COC(=O)NC2CCCCCCC2)ccc1O.NC=O.O=CCCCCCN1C(=O)C=CC1=O.OC1COCC(O)C1. The van der Waals surface area contributed by atoms with Crippen LogP contribution in [0, 0.1) is 0 Å². The molecule has 0 bridgehead atoms. The number of ether oxygens (including phenoxy) is 2. The van der Waals surface area contributed by atoms with Crippen molar-refractivity contribution in [1.29, 1.82) is 0 Å². The van der Waals surface area contributed by atoms with Crippen molar-refractivity contribution in [3.05, 3.63) is 41.5 Å². The molecule has 55 heavy (non-hydrogen) atoms. The molecule has 0 aromatic heterocycles. The molecule has 4 rings (SSSR count). The summed E-state index contributed by atoms with van der Waals surface area (Å²) in [6, 6.07) is 5.59. The number of unbranched alkanes of at least 4 members (excludes halogenated alkanes) is 3. The Bertz CT molecular complexity index is 1210. The van der Waals surface area contributed by atoms with Crippen LogP contribution in [0.1, 0.15) is 109 Å². The van der Waals surface area contributed by atoms with Crippen LogP contribution in [0.4, 0.5) is 4.79 Å². The standard InChI is InChI=1S/C19H30N2O3.C10H13NO3.C5H10O3.C2H4O2.C2H6.CH3NO/c1-20-12-11-16-13-15(9-10-18(16)22)14-24-19(23)21-17-7-5-3-2-4-6-8-17;12-8-4-2-1-3-7-11-9(13)5-6-10(11)14;6-4-1-5(7)3-8-2-4;1-2(3)4;1-2;2-1-3/h9-10,13,17,20,22H,2-8,11-12,14H2,1H3,(H,21,23);5-6,8H,1-4,7H2;4-7H,1-3H2;1H3,(H,3,4);1-2H3;1H,(H2,2,3). The molecule has 4 amide bonds. The second-order valence-electron chi connectivity index (χ2n) is 12.5.